The first-order valence-electron chi connectivity index (χ1n) is 8.88. The number of nitrogens with zero attached hydrogens (tertiary/aromatic N) is 4. The molecule has 0 spiro atoms. The van der Waals surface area contributed by atoms with Gasteiger partial charge in [0.1, 0.15) is 6.07 Å². The molecule has 0 amide bonds. The van der Waals surface area contributed by atoms with Crippen molar-refractivity contribution in [1.29, 1.82) is 5.26 Å². The number of rotatable bonds is 3. The molecule has 0 aliphatic rings. The minimum absolute atomic E-state index is 0.557. The van der Waals surface area contributed by atoms with Gasteiger partial charge < -0.3 is 9.13 Å². The van der Waals surface area contributed by atoms with Crippen molar-refractivity contribution >= 4 is 22.7 Å². The van der Waals surface area contributed by atoms with Gasteiger partial charge in [-0.2, -0.15) is 5.26 Å². The Morgan fingerprint density at radius 1 is 1.04 bits per heavy atom. The van der Waals surface area contributed by atoms with E-state index in [0.29, 0.717) is 11.4 Å². The van der Waals surface area contributed by atoms with E-state index in [1.807, 2.05) is 60.2 Å². The Balaban J connectivity index is 1.85. The fraction of sp³-hybridized carbons (Fsp3) is 0.130. The number of fused-ring (bicyclic) bond motifs is 1. The predicted octanol–water partition coefficient (Wildman–Crippen LogP) is 5.05. The number of hydrogen-bond acceptors (Lipinski definition) is 2. The maximum atomic E-state index is 9.80. The van der Waals surface area contributed by atoms with Crippen molar-refractivity contribution in [2.45, 2.75) is 13.8 Å². The van der Waals surface area contributed by atoms with E-state index in [9.17, 15) is 5.26 Å². The van der Waals surface area contributed by atoms with Crippen molar-refractivity contribution in [2.75, 3.05) is 0 Å². The second kappa shape index (κ2) is 6.62. The number of aromatic nitrogens is 3. The van der Waals surface area contributed by atoms with Crippen molar-refractivity contribution in [1.82, 2.24) is 14.1 Å². The van der Waals surface area contributed by atoms with Crippen LogP contribution < -0.4 is 0 Å². The molecule has 0 unspecified atom stereocenters. The first kappa shape index (κ1) is 16.9. The van der Waals surface area contributed by atoms with Gasteiger partial charge in [0.15, 0.2) is 5.82 Å². The average Bonchev–Trinajstić information content (AvgIpc) is 3.17. The van der Waals surface area contributed by atoms with E-state index in [0.717, 1.165) is 33.7 Å². The fourth-order valence-corrected chi connectivity index (χ4v) is 3.60. The molecule has 0 atom stereocenters. The van der Waals surface area contributed by atoms with Crippen LogP contribution >= 0.6 is 0 Å². The van der Waals surface area contributed by atoms with E-state index in [4.69, 9.17) is 0 Å². The normalized spacial score (nSPS) is 11.7. The molecular weight excluding hydrogens is 332 g/mol. The lowest BCUT2D eigenvalue weighted by Crippen LogP contribution is -1.99. The number of nitriles is 1. The summed E-state index contributed by atoms with van der Waals surface area (Å²) in [7, 11) is 1.95. The maximum absolute atomic E-state index is 9.80. The van der Waals surface area contributed by atoms with Crippen LogP contribution in [0.1, 0.15) is 22.8 Å². The molecule has 132 valence electrons. The lowest BCUT2D eigenvalue weighted by Gasteiger charge is -2.09. The van der Waals surface area contributed by atoms with E-state index >= 15 is 0 Å². The van der Waals surface area contributed by atoms with Crippen LogP contribution in [0.4, 0.5) is 0 Å². The van der Waals surface area contributed by atoms with Crippen molar-refractivity contribution < 1.29 is 0 Å². The monoisotopic (exact) mass is 352 g/mol. The molecule has 0 N–H and O–H groups in total. The maximum Gasteiger partial charge on any atom is 0.151 e. The third kappa shape index (κ3) is 2.84. The van der Waals surface area contributed by atoms with Crippen LogP contribution in [0.5, 0.6) is 0 Å². The van der Waals surface area contributed by atoms with E-state index in [-0.39, 0.29) is 0 Å². The molecule has 0 aliphatic carbocycles. The van der Waals surface area contributed by atoms with Gasteiger partial charge in [0, 0.05) is 24.1 Å². The number of allylic oxidation sites excluding steroid dienone is 1. The molecule has 0 bridgehead atoms. The van der Waals surface area contributed by atoms with Gasteiger partial charge in [0.05, 0.1) is 16.6 Å². The molecule has 0 aliphatic heterocycles. The number of para-hydroxylation sites is 3. The first-order valence-corrected chi connectivity index (χ1v) is 8.88. The highest BCUT2D eigenvalue weighted by Crippen LogP contribution is 2.26. The Morgan fingerprint density at radius 2 is 1.74 bits per heavy atom. The molecule has 0 radical (unpaired) electrons. The first-order chi connectivity index (χ1) is 13.1. The zero-order valence-electron chi connectivity index (χ0n) is 15.6. The second-order valence-corrected chi connectivity index (χ2v) is 6.65. The lowest BCUT2D eigenvalue weighted by atomic mass is 10.1. The summed E-state index contributed by atoms with van der Waals surface area (Å²) >= 11 is 0. The van der Waals surface area contributed by atoms with Crippen LogP contribution in [0.25, 0.3) is 28.4 Å². The SMILES string of the molecule is Cc1cc(C=C(C#N)c2nc3ccccc3n2C)c(C)n1-c1ccccc1. The molecule has 0 saturated heterocycles. The summed E-state index contributed by atoms with van der Waals surface area (Å²) in [6.07, 6.45) is 1.93. The van der Waals surface area contributed by atoms with Gasteiger partial charge in [0.2, 0.25) is 0 Å². The third-order valence-electron chi connectivity index (χ3n) is 4.93. The molecule has 4 nitrogen and oxygen atoms in total. The highest BCUT2D eigenvalue weighted by atomic mass is 15.1. The Labute approximate surface area is 158 Å². The summed E-state index contributed by atoms with van der Waals surface area (Å²) in [5.41, 5.74) is 6.85. The van der Waals surface area contributed by atoms with Gasteiger partial charge in [-0.25, -0.2) is 4.98 Å². The fourth-order valence-electron chi connectivity index (χ4n) is 3.60. The number of benzene rings is 2. The van der Waals surface area contributed by atoms with Gasteiger partial charge in [-0.1, -0.05) is 30.3 Å². The Kier molecular flexibility index (Phi) is 4.13. The van der Waals surface area contributed by atoms with Crippen molar-refractivity contribution in [3.63, 3.8) is 0 Å². The van der Waals surface area contributed by atoms with E-state index < -0.39 is 0 Å². The summed E-state index contributed by atoms with van der Waals surface area (Å²) < 4.78 is 4.18. The largest absolute Gasteiger partial charge is 0.327 e. The molecule has 2 aromatic heterocycles. The minimum Gasteiger partial charge on any atom is -0.327 e. The molecule has 4 rings (SSSR count). The summed E-state index contributed by atoms with van der Waals surface area (Å²) in [5, 5.41) is 9.80. The van der Waals surface area contributed by atoms with Crippen molar-refractivity contribution in [3.8, 4) is 11.8 Å². The summed E-state index contributed by atoms with van der Waals surface area (Å²) in [4.78, 5) is 4.66. The second-order valence-electron chi connectivity index (χ2n) is 6.65. The van der Waals surface area contributed by atoms with Crippen LogP contribution in [0.3, 0.4) is 0 Å². The summed E-state index contributed by atoms with van der Waals surface area (Å²) in [5.74, 6) is 0.684. The number of hydrogen-bond donors (Lipinski definition) is 0. The molecule has 4 heteroatoms. The minimum atomic E-state index is 0.557. The van der Waals surface area contributed by atoms with E-state index in [2.05, 4.69) is 47.7 Å². The topological polar surface area (TPSA) is 46.5 Å². The highest BCUT2D eigenvalue weighted by Gasteiger charge is 2.14. The number of aryl methyl sites for hydroxylation is 2. The molecule has 0 saturated carbocycles. The zero-order chi connectivity index (χ0) is 19.0. The van der Waals surface area contributed by atoms with E-state index in [1.54, 1.807) is 0 Å². The van der Waals surface area contributed by atoms with Crippen molar-refractivity contribution in [2.24, 2.45) is 7.05 Å². The molecular formula is C23H20N4. The summed E-state index contributed by atoms with van der Waals surface area (Å²) in [6.45, 7) is 4.16. The van der Waals surface area contributed by atoms with Crippen LogP contribution in [-0.2, 0) is 7.05 Å². The van der Waals surface area contributed by atoms with E-state index in [1.165, 1.54) is 0 Å². The van der Waals surface area contributed by atoms with Crippen LogP contribution in [0.15, 0.2) is 60.7 Å². The Hall–Kier alpha value is -3.58. The molecule has 27 heavy (non-hydrogen) atoms. The predicted molar refractivity (Wildman–Crippen MR) is 109 cm³/mol. The smallest absolute Gasteiger partial charge is 0.151 e. The Morgan fingerprint density at radius 3 is 2.44 bits per heavy atom. The average molecular weight is 352 g/mol. The highest BCUT2D eigenvalue weighted by molar-refractivity contribution is 5.91. The molecule has 2 aromatic carbocycles. The van der Waals surface area contributed by atoms with Crippen LogP contribution in [0, 0.1) is 25.2 Å². The van der Waals surface area contributed by atoms with Gasteiger partial charge in [-0.15, -0.1) is 0 Å². The molecule has 0 fully saturated rings. The van der Waals surface area contributed by atoms with Gasteiger partial charge in [-0.3, -0.25) is 0 Å². The summed E-state index contributed by atoms with van der Waals surface area (Å²) in [6, 6.07) is 22.6. The van der Waals surface area contributed by atoms with Gasteiger partial charge >= 0.3 is 0 Å². The molecule has 2 heterocycles. The third-order valence-corrected chi connectivity index (χ3v) is 4.93. The zero-order valence-corrected chi connectivity index (χ0v) is 15.6. The molecule has 4 aromatic rings. The van der Waals surface area contributed by atoms with Gasteiger partial charge in [0.25, 0.3) is 0 Å². The number of imidazole rings is 1. The van der Waals surface area contributed by atoms with Crippen LogP contribution in [0.2, 0.25) is 0 Å². The van der Waals surface area contributed by atoms with Crippen LogP contribution in [-0.4, -0.2) is 14.1 Å². The van der Waals surface area contributed by atoms with Crippen molar-refractivity contribution in [3.05, 3.63) is 83.4 Å². The van der Waals surface area contributed by atoms with Gasteiger partial charge in [-0.05, 0) is 55.8 Å². The quantitative estimate of drug-likeness (QED) is 0.485. The standard InChI is InChI=1S/C23H20N4/c1-16-13-18(17(2)27(16)20-9-5-4-6-10-20)14-19(15-24)23-25-21-11-7-8-12-22(21)26(23)3/h4-14H,1-3H3. The lowest BCUT2D eigenvalue weighted by molar-refractivity contribution is 0.925. The Bertz CT molecular complexity index is 1200.